The minimum atomic E-state index is -1.04. The third-order valence-electron chi connectivity index (χ3n) is 5.03. The van der Waals surface area contributed by atoms with Crippen molar-refractivity contribution in [2.24, 2.45) is 5.41 Å². The van der Waals surface area contributed by atoms with Crippen LogP contribution in [-0.2, 0) is 20.8 Å². The predicted octanol–water partition coefficient (Wildman–Crippen LogP) is 0.348. The fraction of sp³-hybridized carbons (Fsp3) is 0.600. The van der Waals surface area contributed by atoms with Gasteiger partial charge in [0.05, 0.1) is 39.0 Å². The monoisotopic (exact) mass is 439 g/mol. The lowest BCUT2D eigenvalue weighted by atomic mass is 9.94. The van der Waals surface area contributed by atoms with Crippen LogP contribution in [0.4, 0.5) is 5.69 Å². The van der Waals surface area contributed by atoms with E-state index in [1.54, 1.807) is 26.0 Å². The summed E-state index contributed by atoms with van der Waals surface area (Å²) in [6, 6.07) is 5.36. The van der Waals surface area contributed by atoms with Gasteiger partial charge in [0.1, 0.15) is 31.6 Å². The maximum absolute atomic E-state index is 12.2. The summed E-state index contributed by atoms with van der Waals surface area (Å²) in [5.74, 6) is 0.144. The molecular weight excluding hydrogens is 408 g/mol. The highest BCUT2D eigenvalue weighted by Gasteiger charge is 2.30. The number of likely N-dealkylation sites (N-methyl/N-ethyl adjacent to an activating group) is 1. The van der Waals surface area contributed by atoms with Gasteiger partial charge in [-0.2, -0.15) is 0 Å². The topological polar surface area (TPSA) is 140 Å². The average Bonchev–Trinajstić information content (AvgIpc) is 3.04. The molecule has 2 amide bonds. The maximum Gasteiger partial charge on any atom is 0.294 e. The Labute approximate surface area is 181 Å². The number of rotatable bonds is 12. The van der Waals surface area contributed by atoms with Gasteiger partial charge < -0.3 is 29.8 Å². The molecule has 1 aliphatic rings. The zero-order valence-corrected chi connectivity index (χ0v) is 18.3. The molecule has 11 heteroatoms. The summed E-state index contributed by atoms with van der Waals surface area (Å²) in [5.41, 5.74) is 0.485. The molecule has 1 aromatic carbocycles. The van der Waals surface area contributed by atoms with Crippen LogP contribution in [0.2, 0.25) is 0 Å². The first kappa shape index (κ1) is 24.4. The van der Waals surface area contributed by atoms with Gasteiger partial charge in [0, 0.05) is 11.3 Å². The first-order valence-corrected chi connectivity index (χ1v) is 10.00. The average molecular weight is 439 g/mol. The number of amides is 2. The molecule has 0 aliphatic carbocycles. The van der Waals surface area contributed by atoms with Crippen molar-refractivity contribution in [3.05, 3.63) is 33.9 Å². The van der Waals surface area contributed by atoms with Gasteiger partial charge in [-0.1, -0.05) is 6.07 Å². The number of nitrogens with zero attached hydrogens (tertiary/aromatic N) is 2. The summed E-state index contributed by atoms with van der Waals surface area (Å²) in [5, 5.41) is 25.3. The van der Waals surface area contributed by atoms with Gasteiger partial charge in [-0.25, -0.2) is 0 Å². The minimum Gasteiger partial charge on any atom is -0.490 e. The smallest absolute Gasteiger partial charge is 0.294 e. The quantitative estimate of drug-likeness (QED) is 0.242. The van der Waals surface area contributed by atoms with Crippen molar-refractivity contribution in [1.29, 1.82) is 0 Å². The Bertz CT molecular complexity index is 826. The van der Waals surface area contributed by atoms with E-state index in [1.807, 2.05) is 20.2 Å². The van der Waals surface area contributed by atoms with E-state index in [4.69, 9.17) is 4.74 Å². The molecule has 1 unspecified atom stereocenters. The molecule has 3 N–H and O–H groups in total. The van der Waals surface area contributed by atoms with Crippen LogP contribution in [0.3, 0.4) is 0 Å². The van der Waals surface area contributed by atoms with Gasteiger partial charge >= 0.3 is 0 Å². The Morgan fingerprint density at radius 2 is 2.13 bits per heavy atom. The van der Waals surface area contributed by atoms with E-state index in [2.05, 4.69) is 15.5 Å². The van der Waals surface area contributed by atoms with E-state index in [9.17, 15) is 24.8 Å². The lowest BCUT2D eigenvalue weighted by Gasteiger charge is -2.32. The molecule has 1 aliphatic heterocycles. The van der Waals surface area contributed by atoms with Gasteiger partial charge in [-0.15, -0.1) is 10.1 Å². The van der Waals surface area contributed by atoms with Gasteiger partial charge in [0.2, 0.25) is 11.8 Å². The summed E-state index contributed by atoms with van der Waals surface area (Å²) in [6.45, 7) is 4.13. The highest BCUT2D eigenvalue weighted by atomic mass is 16.9. The standard InChI is InChI=1S/C20H30N4O7/c1-20(2,13-31-23(28)29)19(27)21-8-9-24(3,4)11-14(25)12-30-17-7-5-6-16-15(17)10-18(26)22-16/h5-7,14,25H,8-13H2,1-4H3,(H-,21,22,26,27)/p+1. The summed E-state index contributed by atoms with van der Waals surface area (Å²) in [4.78, 5) is 38.5. The third kappa shape index (κ3) is 7.37. The zero-order valence-electron chi connectivity index (χ0n) is 18.3. The van der Waals surface area contributed by atoms with Crippen LogP contribution >= 0.6 is 0 Å². The molecule has 1 heterocycles. The number of benzene rings is 1. The van der Waals surface area contributed by atoms with Crippen LogP contribution in [0.1, 0.15) is 19.4 Å². The molecule has 0 aromatic heterocycles. The number of nitrogens with one attached hydrogen (secondary N) is 2. The van der Waals surface area contributed by atoms with Gasteiger partial charge in [0.25, 0.3) is 5.09 Å². The van der Waals surface area contributed by atoms with Gasteiger partial charge in [0.15, 0.2) is 0 Å². The second kappa shape index (κ2) is 9.92. The highest BCUT2D eigenvalue weighted by Crippen LogP contribution is 2.31. The SMILES string of the molecule is CC(C)(CO[N+](=O)[O-])C(=O)NCC[N+](C)(C)CC(O)COc1cccc2c1CC(=O)N2. The molecule has 0 saturated heterocycles. The molecule has 1 atom stereocenters. The molecule has 31 heavy (non-hydrogen) atoms. The van der Waals surface area contributed by atoms with Gasteiger partial charge in [-0.3, -0.25) is 9.59 Å². The van der Waals surface area contributed by atoms with E-state index in [0.717, 1.165) is 11.3 Å². The molecule has 11 nitrogen and oxygen atoms in total. The fourth-order valence-corrected chi connectivity index (χ4v) is 3.25. The van der Waals surface area contributed by atoms with Crippen molar-refractivity contribution in [2.45, 2.75) is 26.4 Å². The number of aliphatic hydroxyl groups is 1. The van der Waals surface area contributed by atoms with Crippen molar-refractivity contribution >= 4 is 17.5 Å². The predicted molar refractivity (Wildman–Crippen MR) is 112 cm³/mol. The Balaban J connectivity index is 1.77. The Hall–Kier alpha value is -2.92. The highest BCUT2D eigenvalue weighted by molar-refractivity contribution is 6.00. The van der Waals surface area contributed by atoms with E-state index < -0.39 is 16.6 Å². The van der Waals surface area contributed by atoms with Crippen LogP contribution in [0.25, 0.3) is 0 Å². The first-order chi connectivity index (χ1) is 14.4. The van der Waals surface area contributed by atoms with Crippen molar-refractivity contribution in [3.8, 4) is 5.75 Å². The Morgan fingerprint density at radius 1 is 1.42 bits per heavy atom. The van der Waals surface area contributed by atoms with E-state index >= 15 is 0 Å². The normalized spacial score (nSPS) is 14.4. The number of ether oxygens (including phenoxy) is 1. The molecule has 0 saturated carbocycles. The van der Waals surface area contributed by atoms with Crippen LogP contribution in [-0.4, -0.2) is 79.5 Å². The third-order valence-corrected chi connectivity index (χ3v) is 5.03. The second-order valence-corrected chi connectivity index (χ2v) is 8.95. The van der Waals surface area contributed by atoms with Crippen LogP contribution in [0.5, 0.6) is 5.75 Å². The number of carbonyl (C=O) groups excluding carboxylic acids is 2. The van der Waals surface area contributed by atoms with E-state index in [-0.39, 0.29) is 31.4 Å². The molecule has 2 rings (SSSR count). The summed E-state index contributed by atoms with van der Waals surface area (Å²) in [7, 11) is 3.83. The summed E-state index contributed by atoms with van der Waals surface area (Å²) in [6.07, 6.45) is -0.497. The van der Waals surface area contributed by atoms with Crippen molar-refractivity contribution in [3.63, 3.8) is 0 Å². The number of anilines is 1. The van der Waals surface area contributed by atoms with Crippen molar-refractivity contribution < 1.29 is 33.8 Å². The van der Waals surface area contributed by atoms with Crippen LogP contribution < -0.4 is 15.4 Å². The second-order valence-electron chi connectivity index (χ2n) is 8.95. The van der Waals surface area contributed by atoms with E-state index in [1.165, 1.54) is 0 Å². The fourth-order valence-electron chi connectivity index (χ4n) is 3.25. The molecule has 0 fully saturated rings. The Kier molecular flexibility index (Phi) is 7.80. The lowest BCUT2D eigenvalue weighted by molar-refractivity contribution is -0.892. The molecule has 0 spiro atoms. The number of hydrogen-bond donors (Lipinski definition) is 3. The number of carbonyl (C=O) groups is 2. The Morgan fingerprint density at radius 3 is 2.81 bits per heavy atom. The largest absolute Gasteiger partial charge is 0.490 e. The number of aliphatic hydroxyl groups excluding tert-OH is 1. The van der Waals surface area contributed by atoms with Crippen LogP contribution in [0.15, 0.2) is 18.2 Å². The molecule has 0 bridgehead atoms. The summed E-state index contributed by atoms with van der Waals surface area (Å²) < 4.78 is 6.17. The van der Waals surface area contributed by atoms with Crippen molar-refractivity contribution in [2.75, 3.05) is 52.3 Å². The molecule has 0 radical (unpaired) electrons. The lowest BCUT2D eigenvalue weighted by Crippen LogP contribution is -2.51. The summed E-state index contributed by atoms with van der Waals surface area (Å²) >= 11 is 0. The molecule has 1 aromatic rings. The number of hydrogen-bond acceptors (Lipinski definition) is 7. The van der Waals surface area contributed by atoms with E-state index in [0.29, 0.717) is 29.9 Å². The number of quaternary nitrogens is 1. The van der Waals surface area contributed by atoms with Gasteiger partial charge in [-0.05, 0) is 26.0 Å². The molecular formula is C20H31N4O7+. The zero-order chi connectivity index (χ0) is 23.2. The van der Waals surface area contributed by atoms with Crippen LogP contribution in [0, 0.1) is 15.5 Å². The minimum absolute atomic E-state index is 0.0734. The maximum atomic E-state index is 12.2. The first-order valence-electron chi connectivity index (χ1n) is 10.00. The number of fused-ring (bicyclic) bond motifs is 1. The van der Waals surface area contributed by atoms with Crippen molar-refractivity contribution in [1.82, 2.24) is 5.32 Å². The molecule has 172 valence electrons.